The van der Waals surface area contributed by atoms with Gasteiger partial charge in [0.25, 0.3) is 15.9 Å². The van der Waals surface area contributed by atoms with Crippen LogP contribution in [0.25, 0.3) is 0 Å². The number of nitrogens with one attached hydrogen (secondary N) is 2. The van der Waals surface area contributed by atoms with Gasteiger partial charge in [0.05, 0.1) is 15.5 Å². The quantitative estimate of drug-likeness (QED) is 0.554. The summed E-state index contributed by atoms with van der Waals surface area (Å²) in [7, 11) is -3.83. The maximum atomic E-state index is 12.6. The molecular formula is C21H18Cl2N2O3S. The lowest BCUT2D eigenvalue weighted by molar-refractivity contribution is 0.0951. The summed E-state index contributed by atoms with van der Waals surface area (Å²) in [5.41, 5.74) is 2.45. The third-order valence-electron chi connectivity index (χ3n) is 4.29. The van der Waals surface area contributed by atoms with E-state index in [0.717, 1.165) is 11.1 Å². The molecule has 5 nitrogen and oxygen atoms in total. The highest BCUT2D eigenvalue weighted by Gasteiger charge is 2.17. The standard InChI is InChI=1S/C21H18Cl2N2O3S/c1-14-4-2-3-5-15(14)13-24-21(26)19-12-17(8-11-20(19)23)25-29(27,28)18-9-6-16(22)7-10-18/h2-12,25H,13H2,1H3,(H,24,26). The second kappa shape index (κ2) is 8.86. The van der Waals surface area contributed by atoms with E-state index in [9.17, 15) is 13.2 Å². The Balaban J connectivity index is 1.78. The summed E-state index contributed by atoms with van der Waals surface area (Å²) in [5.74, 6) is -0.397. The summed E-state index contributed by atoms with van der Waals surface area (Å²) in [6, 6.07) is 17.9. The third-order valence-corrected chi connectivity index (χ3v) is 6.27. The first-order valence-corrected chi connectivity index (χ1v) is 10.9. The van der Waals surface area contributed by atoms with E-state index in [-0.39, 0.29) is 21.2 Å². The van der Waals surface area contributed by atoms with Crippen LogP contribution < -0.4 is 10.0 Å². The third kappa shape index (κ3) is 5.29. The van der Waals surface area contributed by atoms with Gasteiger partial charge in [0.15, 0.2) is 0 Å². The van der Waals surface area contributed by atoms with Crippen molar-refractivity contribution < 1.29 is 13.2 Å². The normalized spacial score (nSPS) is 11.1. The predicted octanol–water partition coefficient (Wildman–Crippen LogP) is 5.03. The van der Waals surface area contributed by atoms with Crippen molar-refractivity contribution in [2.24, 2.45) is 0 Å². The van der Waals surface area contributed by atoms with Gasteiger partial charge in [-0.2, -0.15) is 0 Å². The van der Waals surface area contributed by atoms with Crippen LogP contribution in [0, 0.1) is 6.92 Å². The van der Waals surface area contributed by atoms with Crippen molar-refractivity contribution in [3.8, 4) is 0 Å². The number of hydrogen-bond donors (Lipinski definition) is 2. The first-order valence-electron chi connectivity index (χ1n) is 8.67. The molecule has 0 bridgehead atoms. The average Bonchev–Trinajstić information content (AvgIpc) is 2.69. The van der Waals surface area contributed by atoms with Gasteiger partial charge in [-0.1, -0.05) is 47.5 Å². The van der Waals surface area contributed by atoms with Crippen LogP contribution in [-0.2, 0) is 16.6 Å². The Morgan fingerprint density at radius 3 is 2.34 bits per heavy atom. The number of aryl methyl sites for hydroxylation is 1. The van der Waals surface area contributed by atoms with E-state index in [1.807, 2.05) is 31.2 Å². The van der Waals surface area contributed by atoms with Gasteiger partial charge in [-0.05, 0) is 60.5 Å². The SMILES string of the molecule is Cc1ccccc1CNC(=O)c1cc(NS(=O)(=O)c2ccc(Cl)cc2)ccc1Cl. The van der Waals surface area contributed by atoms with Crippen LogP contribution >= 0.6 is 23.2 Å². The van der Waals surface area contributed by atoms with Crippen molar-refractivity contribution >= 4 is 44.8 Å². The molecular weight excluding hydrogens is 431 g/mol. The molecule has 0 saturated carbocycles. The average molecular weight is 449 g/mol. The zero-order valence-corrected chi connectivity index (χ0v) is 17.8. The maximum Gasteiger partial charge on any atom is 0.261 e. The molecule has 0 unspecified atom stereocenters. The Kier molecular flexibility index (Phi) is 6.47. The van der Waals surface area contributed by atoms with E-state index in [1.165, 1.54) is 42.5 Å². The summed E-state index contributed by atoms with van der Waals surface area (Å²) in [6.45, 7) is 2.29. The number of rotatable bonds is 6. The summed E-state index contributed by atoms with van der Waals surface area (Å²) < 4.78 is 27.5. The highest BCUT2D eigenvalue weighted by molar-refractivity contribution is 7.92. The minimum Gasteiger partial charge on any atom is -0.348 e. The molecule has 0 saturated heterocycles. The minimum atomic E-state index is -3.83. The monoisotopic (exact) mass is 448 g/mol. The molecule has 2 N–H and O–H groups in total. The fraction of sp³-hybridized carbons (Fsp3) is 0.0952. The molecule has 0 aliphatic rings. The van der Waals surface area contributed by atoms with Crippen molar-refractivity contribution in [2.75, 3.05) is 4.72 Å². The van der Waals surface area contributed by atoms with E-state index in [0.29, 0.717) is 11.6 Å². The molecule has 0 heterocycles. The molecule has 0 spiro atoms. The van der Waals surface area contributed by atoms with Crippen molar-refractivity contribution in [3.63, 3.8) is 0 Å². The van der Waals surface area contributed by atoms with Crippen LogP contribution in [0.15, 0.2) is 71.6 Å². The molecule has 0 aromatic heterocycles. The number of hydrogen-bond acceptors (Lipinski definition) is 3. The number of halogens is 2. The zero-order valence-electron chi connectivity index (χ0n) is 15.4. The topological polar surface area (TPSA) is 75.3 Å². The van der Waals surface area contributed by atoms with Gasteiger partial charge in [0.2, 0.25) is 0 Å². The van der Waals surface area contributed by atoms with Crippen LogP contribution in [-0.4, -0.2) is 14.3 Å². The van der Waals surface area contributed by atoms with Crippen LogP contribution in [0.2, 0.25) is 10.0 Å². The van der Waals surface area contributed by atoms with Gasteiger partial charge in [0, 0.05) is 17.3 Å². The molecule has 150 valence electrons. The number of amides is 1. The molecule has 1 amide bonds. The fourth-order valence-corrected chi connectivity index (χ4v) is 4.05. The molecule has 3 aromatic rings. The summed E-state index contributed by atoms with van der Waals surface area (Å²) in [4.78, 5) is 12.6. The first kappa shape index (κ1) is 21.2. The first-order chi connectivity index (χ1) is 13.8. The molecule has 3 aromatic carbocycles. The summed E-state index contributed by atoms with van der Waals surface area (Å²) in [5, 5.41) is 3.47. The van der Waals surface area contributed by atoms with Crippen molar-refractivity contribution in [3.05, 3.63) is 93.5 Å². The second-order valence-corrected chi connectivity index (χ2v) is 8.89. The van der Waals surface area contributed by atoms with E-state index < -0.39 is 15.9 Å². The van der Waals surface area contributed by atoms with E-state index in [1.54, 1.807) is 0 Å². The van der Waals surface area contributed by atoms with Gasteiger partial charge < -0.3 is 5.32 Å². The molecule has 0 fully saturated rings. The van der Waals surface area contributed by atoms with E-state index >= 15 is 0 Å². The summed E-state index contributed by atoms with van der Waals surface area (Å²) in [6.07, 6.45) is 0. The van der Waals surface area contributed by atoms with E-state index in [2.05, 4.69) is 10.0 Å². The Labute approximate surface area is 179 Å². The van der Waals surface area contributed by atoms with Crippen LogP contribution in [0.1, 0.15) is 21.5 Å². The van der Waals surface area contributed by atoms with Gasteiger partial charge in [-0.25, -0.2) is 8.42 Å². The van der Waals surface area contributed by atoms with Gasteiger partial charge in [-0.3, -0.25) is 9.52 Å². The molecule has 0 aliphatic heterocycles. The zero-order chi connectivity index (χ0) is 21.0. The van der Waals surface area contributed by atoms with Crippen molar-refractivity contribution in [1.29, 1.82) is 0 Å². The lowest BCUT2D eigenvalue weighted by atomic mass is 10.1. The van der Waals surface area contributed by atoms with Crippen LogP contribution in [0.3, 0.4) is 0 Å². The van der Waals surface area contributed by atoms with Gasteiger partial charge in [0.1, 0.15) is 0 Å². The molecule has 0 atom stereocenters. The Hall–Kier alpha value is -2.54. The largest absolute Gasteiger partial charge is 0.348 e. The van der Waals surface area contributed by atoms with Gasteiger partial charge in [-0.15, -0.1) is 0 Å². The Morgan fingerprint density at radius 1 is 0.966 bits per heavy atom. The lowest BCUT2D eigenvalue weighted by Crippen LogP contribution is -2.24. The molecule has 3 rings (SSSR count). The van der Waals surface area contributed by atoms with Gasteiger partial charge >= 0.3 is 0 Å². The highest BCUT2D eigenvalue weighted by atomic mass is 35.5. The van der Waals surface area contributed by atoms with Crippen molar-refractivity contribution in [1.82, 2.24) is 5.32 Å². The molecule has 0 radical (unpaired) electrons. The fourth-order valence-electron chi connectivity index (χ4n) is 2.67. The number of anilines is 1. The van der Waals surface area contributed by atoms with Crippen LogP contribution in [0.5, 0.6) is 0 Å². The number of carbonyl (C=O) groups excluding carboxylic acids is 1. The smallest absolute Gasteiger partial charge is 0.261 e. The molecule has 8 heteroatoms. The minimum absolute atomic E-state index is 0.0578. The Morgan fingerprint density at radius 2 is 1.66 bits per heavy atom. The number of sulfonamides is 1. The second-order valence-electron chi connectivity index (χ2n) is 6.36. The molecule has 29 heavy (non-hydrogen) atoms. The maximum absolute atomic E-state index is 12.6. The summed E-state index contributed by atoms with van der Waals surface area (Å²) >= 11 is 12.0. The number of benzene rings is 3. The molecule has 0 aliphatic carbocycles. The predicted molar refractivity (Wildman–Crippen MR) is 116 cm³/mol. The lowest BCUT2D eigenvalue weighted by Gasteiger charge is -2.12. The van der Waals surface area contributed by atoms with E-state index in [4.69, 9.17) is 23.2 Å². The highest BCUT2D eigenvalue weighted by Crippen LogP contribution is 2.24. The number of carbonyl (C=O) groups is 1. The van der Waals surface area contributed by atoms with Crippen LogP contribution in [0.4, 0.5) is 5.69 Å². The Bertz CT molecular complexity index is 1150. The van der Waals surface area contributed by atoms with Crippen molar-refractivity contribution in [2.45, 2.75) is 18.4 Å².